The third-order valence-corrected chi connectivity index (χ3v) is 3.34. The lowest BCUT2D eigenvalue weighted by molar-refractivity contribution is 0.669. The number of hydrogen-bond acceptors (Lipinski definition) is 1. The van der Waals surface area contributed by atoms with Crippen molar-refractivity contribution in [2.24, 2.45) is 0 Å². The number of hydrogen-bond donors (Lipinski definition) is 0. The van der Waals surface area contributed by atoms with Gasteiger partial charge < -0.3 is 4.42 Å². The van der Waals surface area contributed by atoms with Gasteiger partial charge in [-0.3, -0.25) is 0 Å². The van der Waals surface area contributed by atoms with Crippen molar-refractivity contribution in [3.63, 3.8) is 0 Å². The zero-order chi connectivity index (χ0) is 16.5. The van der Waals surface area contributed by atoms with Crippen molar-refractivity contribution in [3.8, 4) is 0 Å². The SMILES string of the molecule is [2H]c1c([2H])c([2H])c2c(Cl)c3c(oc4ccccc43)c([2H])c2c1[2H]. The second-order valence-electron chi connectivity index (χ2n) is 3.99. The second kappa shape index (κ2) is 3.50. The highest BCUT2D eigenvalue weighted by Gasteiger charge is 2.12. The fraction of sp³-hybridized carbons (Fsp3) is 0. The van der Waals surface area contributed by atoms with Crippen molar-refractivity contribution in [1.29, 1.82) is 0 Å². The van der Waals surface area contributed by atoms with Crippen molar-refractivity contribution in [2.75, 3.05) is 0 Å². The van der Waals surface area contributed by atoms with Gasteiger partial charge in [-0.25, -0.2) is 0 Å². The molecule has 0 aliphatic rings. The van der Waals surface area contributed by atoms with Crippen LogP contribution in [0.4, 0.5) is 0 Å². The summed E-state index contributed by atoms with van der Waals surface area (Å²) in [5, 5.41) is 1.64. The van der Waals surface area contributed by atoms with Gasteiger partial charge in [-0.1, -0.05) is 54.0 Å². The molecule has 3 aromatic carbocycles. The Labute approximate surface area is 116 Å². The largest absolute Gasteiger partial charge is 0.456 e. The maximum Gasteiger partial charge on any atom is 0.137 e. The lowest BCUT2D eigenvalue weighted by Crippen LogP contribution is -1.75. The molecule has 0 saturated carbocycles. The third-order valence-electron chi connectivity index (χ3n) is 2.96. The van der Waals surface area contributed by atoms with E-state index in [0.29, 0.717) is 11.0 Å². The number of benzene rings is 3. The first-order chi connectivity index (χ1) is 10.9. The van der Waals surface area contributed by atoms with Crippen molar-refractivity contribution in [3.05, 3.63) is 59.5 Å². The van der Waals surface area contributed by atoms with E-state index in [2.05, 4.69) is 0 Å². The van der Waals surface area contributed by atoms with Crippen LogP contribution in [-0.2, 0) is 0 Å². The van der Waals surface area contributed by atoms with Crippen LogP contribution in [0, 0.1) is 0 Å². The highest BCUT2D eigenvalue weighted by molar-refractivity contribution is 6.42. The molecule has 1 nitrogen and oxygen atoms in total. The molecule has 0 bridgehead atoms. The minimum absolute atomic E-state index is 0.0764. The normalized spacial score (nSPS) is 15.5. The summed E-state index contributed by atoms with van der Waals surface area (Å²) in [7, 11) is 0. The molecular formula is C16H9ClO. The Bertz CT molecular complexity index is 1130. The van der Waals surface area contributed by atoms with Crippen molar-refractivity contribution in [1.82, 2.24) is 0 Å². The van der Waals surface area contributed by atoms with Crippen LogP contribution in [0.3, 0.4) is 0 Å². The second-order valence-corrected chi connectivity index (χ2v) is 4.37. The van der Waals surface area contributed by atoms with Crippen LogP contribution in [0.5, 0.6) is 0 Å². The Balaban J connectivity index is 2.42. The van der Waals surface area contributed by atoms with Gasteiger partial charge in [-0.2, -0.15) is 0 Å². The summed E-state index contributed by atoms with van der Waals surface area (Å²) >= 11 is 6.48. The molecule has 86 valence electrons. The van der Waals surface area contributed by atoms with Gasteiger partial charge in [0.1, 0.15) is 11.2 Å². The Morgan fingerprint density at radius 3 is 2.78 bits per heavy atom. The van der Waals surface area contributed by atoms with E-state index in [0.717, 1.165) is 5.39 Å². The topological polar surface area (TPSA) is 13.1 Å². The standard InChI is InChI=1S/C16H9ClO/c17-16-11-6-2-1-5-10(11)9-14-15(16)12-7-3-4-8-13(12)18-14/h1-9H/i1D,2D,5D,6D,9D. The van der Waals surface area contributed by atoms with Crippen LogP contribution in [-0.4, -0.2) is 0 Å². The number of halogens is 1. The van der Waals surface area contributed by atoms with Gasteiger partial charge >= 0.3 is 0 Å². The predicted molar refractivity (Wildman–Crippen MR) is 76.2 cm³/mol. The first-order valence-corrected chi connectivity index (χ1v) is 5.80. The summed E-state index contributed by atoms with van der Waals surface area (Å²) < 4.78 is 45.9. The molecule has 0 saturated heterocycles. The summed E-state index contributed by atoms with van der Waals surface area (Å²) in [4.78, 5) is 0. The van der Waals surface area contributed by atoms with Crippen LogP contribution in [0.25, 0.3) is 32.7 Å². The van der Waals surface area contributed by atoms with E-state index in [-0.39, 0.29) is 51.6 Å². The summed E-state index contributed by atoms with van der Waals surface area (Å²) in [5.41, 5.74) is 0.789. The highest BCUT2D eigenvalue weighted by Crippen LogP contribution is 2.38. The Hall–Kier alpha value is -1.99. The van der Waals surface area contributed by atoms with Crippen LogP contribution >= 0.6 is 11.6 Å². The summed E-state index contributed by atoms with van der Waals surface area (Å²) in [5.74, 6) is 0. The molecule has 0 aliphatic carbocycles. The molecule has 4 aromatic rings. The zero-order valence-electron chi connectivity index (χ0n) is 14.1. The fourth-order valence-corrected chi connectivity index (χ4v) is 2.49. The first-order valence-electron chi connectivity index (χ1n) is 7.92. The molecule has 0 spiro atoms. The van der Waals surface area contributed by atoms with Gasteiger partial charge in [0.15, 0.2) is 0 Å². The van der Waals surface area contributed by atoms with Crippen LogP contribution < -0.4 is 0 Å². The van der Waals surface area contributed by atoms with E-state index in [4.69, 9.17) is 22.9 Å². The van der Waals surface area contributed by atoms with E-state index >= 15 is 0 Å². The molecular weight excluding hydrogens is 244 g/mol. The Morgan fingerprint density at radius 2 is 1.83 bits per heavy atom. The molecule has 1 heterocycles. The smallest absolute Gasteiger partial charge is 0.137 e. The first kappa shape index (κ1) is 6.26. The van der Waals surface area contributed by atoms with Gasteiger partial charge in [0.25, 0.3) is 0 Å². The monoisotopic (exact) mass is 257 g/mol. The molecule has 18 heavy (non-hydrogen) atoms. The number of rotatable bonds is 0. The van der Waals surface area contributed by atoms with Crippen molar-refractivity contribution < 1.29 is 11.3 Å². The van der Waals surface area contributed by atoms with Gasteiger partial charge in [-0.15, -0.1) is 0 Å². The van der Waals surface area contributed by atoms with E-state index in [9.17, 15) is 0 Å². The molecule has 0 unspecified atom stereocenters. The maximum atomic E-state index is 8.37. The van der Waals surface area contributed by atoms with Crippen LogP contribution in [0.2, 0.25) is 5.02 Å². The average Bonchev–Trinajstić information content (AvgIpc) is 2.94. The molecule has 4 rings (SSSR count). The van der Waals surface area contributed by atoms with Gasteiger partial charge in [0, 0.05) is 16.2 Å². The molecule has 0 aliphatic heterocycles. The van der Waals surface area contributed by atoms with Crippen LogP contribution in [0.15, 0.2) is 58.9 Å². The summed E-state index contributed by atoms with van der Waals surface area (Å²) in [6.07, 6.45) is 0. The zero-order valence-corrected chi connectivity index (χ0v) is 9.85. The number of fused-ring (bicyclic) bond motifs is 4. The number of furan rings is 1. The van der Waals surface area contributed by atoms with Gasteiger partial charge in [-0.05, 0) is 17.5 Å². The van der Waals surface area contributed by atoms with Gasteiger partial charge in [0.05, 0.1) is 11.9 Å². The third kappa shape index (κ3) is 1.22. The molecule has 2 heteroatoms. The fourth-order valence-electron chi connectivity index (χ4n) is 2.16. The van der Waals surface area contributed by atoms with E-state index in [1.165, 1.54) is 0 Å². The predicted octanol–water partition coefficient (Wildman–Crippen LogP) is 5.39. The molecule has 0 amide bonds. The minimum Gasteiger partial charge on any atom is -0.456 e. The van der Waals surface area contributed by atoms with E-state index in [1.54, 1.807) is 12.1 Å². The average molecular weight is 258 g/mol. The quantitative estimate of drug-likeness (QED) is 0.411. The lowest BCUT2D eigenvalue weighted by atomic mass is 10.1. The van der Waals surface area contributed by atoms with Crippen LogP contribution in [0.1, 0.15) is 6.85 Å². The lowest BCUT2D eigenvalue weighted by Gasteiger charge is -2.01. The van der Waals surface area contributed by atoms with E-state index < -0.39 is 0 Å². The highest BCUT2D eigenvalue weighted by atomic mass is 35.5. The van der Waals surface area contributed by atoms with Crippen molar-refractivity contribution in [2.45, 2.75) is 0 Å². The summed E-state index contributed by atoms with van der Waals surface area (Å²) in [6.45, 7) is 0. The molecule has 0 atom stereocenters. The Morgan fingerprint density at radius 1 is 1.00 bits per heavy atom. The molecule has 0 N–H and O–H groups in total. The van der Waals surface area contributed by atoms with Crippen molar-refractivity contribution >= 4 is 44.3 Å². The maximum absolute atomic E-state index is 8.37. The summed E-state index contributed by atoms with van der Waals surface area (Å²) in [6, 6.07) is 5.83. The minimum atomic E-state index is -0.387. The van der Waals surface area contributed by atoms with Gasteiger partial charge in [0.2, 0.25) is 0 Å². The molecule has 0 fully saturated rings. The molecule has 1 aromatic heterocycles. The number of para-hydroxylation sites is 1. The van der Waals surface area contributed by atoms with E-state index in [1.807, 2.05) is 12.1 Å². The molecule has 0 radical (unpaired) electrons. The Kier molecular flexibility index (Phi) is 1.22.